The summed E-state index contributed by atoms with van der Waals surface area (Å²) in [4.78, 5) is 11.6. The molecule has 1 atom stereocenters. The first kappa shape index (κ1) is 15.8. The van der Waals surface area contributed by atoms with Crippen molar-refractivity contribution in [3.05, 3.63) is 28.8 Å². The van der Waals surface area contributed by atoms with Crippen LogP contribution >= 0.6 is 11.6 Å². The van der Waals surface area contributed by atoms with Crippen molar-refractivity contribution in [1.29, 1.82) is 0 Å². The van der Waals surface area contributed by atoms with Gasteiger partial charge in [0, 0.05) is 11.7 Å². The van der Waals surface area contributed by atoms with Crippen LogP contribution in [0.1, 0.15) is 49.9 Å². The lowest BCUT2D eigenvalue weighted by atomic mass is 10.1. The molecule has 0 aromatic heterocycles. The van der Waals surface area contributed by atoms with Crippen molar-refractivity contribution in [2.75, 3.05) is 12.4 Å². The van der Waals surface area contributed by atoms with Crippen molar-refractivity contribution >= 4 is 23.3 Å². The average molecular weight is 284 g/mol. The molecule has 0 radical (unpaired) electrons. The molecule has 1 unspecified atom stereocenters. The zero-order valence-electron chi connectivity index (χ0n) is 11.8. The fraction of sp³-hybridized carbons (Fsp3) is 0.533. The first-order valence-electron chi connectivity index (χ1n) is 6.76. The van der Waals surface area contributed by atoms with E-state index in [4.69, 9.17) is 16.3 Å². The lowest BCUT2D eigenvalue weighted by molar-refractivity contribution is 0.0601. The highest BCUT2D eigenvalue weighted by Crippen LogP contribution is 2.23. The number of rotatable bonds is 7. The highest BCUT2D eigenvalue weighted by molar-refractivity contribution is 6.33. The molecule has 1 aromatic carbocycles. The Kier molecular flexibility index (Phi) is 6.71. The van der Waals surface area contributed by atoms with Gasteiger partial charge in [-0.25, -0.2) is 4.79 Å². The summed E-state index contributed by atoms with van der Waals surface area (Å²) in [7, 11) is 1.36. The molecule has 1 aromatic rings. The van der Waals surface area contributed by atoms with Crippen molar-refractivity contribution in [3.63, 3.8) is 0 Å². The van der Waals surface area contributed by atoms with E-state index in [0.29, 0.717) is 16.6 Å². The summed E-state index contributed by atoms with van der Waals surface area (Å²) in [6.07, 6.45) is 4.56. The van der Waals surface area contributed by atoms with Gasteiger partial charge in [-0.15, -0.1) is 0 Å². The molecule has 106 valence electrons. The standard InChI is InChI=1S/C15H22ClNO2/c1-4-6-7-11(5-2)17-12-8-9-14(16)13(10-12)15(18)19-3/h8-11,17H,4-7H2,1-3H3. The lowest BCUT2D eigenvalue weighted by Crippen LogP contribution is -2.18. The minimum absolute atomic E-state index is 0.402. The number of hydrogen-bond donors (Lipinski definition) is 1. The summed E-state index contributed by atoms with van der Waals surface area (Å²) < 4.78 is 4.72. The van der Waals surface area contributed by atoms with Crippen molar-refractivity contribution in [2.24, 2.45) is 0 Å². The summed E-state index contributed by atoms with van der Waals surface area (Å²) >= 11 is 6.00. The van der Waals surface area contributed by atoms with Crippen LogP contribution in [-0.4, -0.2) is 19.1 Å². The van der Waals surface area contributed by atoms with E-state index >= 15 is 0 Å². The average Bonchev–Trinajstić information content (AvgIpc) is 2.44. The Balaban J connectivity index is 2.80. The molecule has 4 heteroatoms. The summed E-state index contributed by atoms with van der Waals surface area (Å²) in [6, 6.07) is 5.79. The summed E-state index contributed by atoms with van der Waals surface area (Å²) in [6.45, 7) is 4.34. The normalized spacial score (nSPS) is 12.0. The Labute approximate surface area is 120 Å². The summed E-state index contributed by atoms with van der Waals surface area (Å²) in [5, 5.41) is 3.86. The molecule has 0 amide bonds. The third-order valence-corrected chi connectivity index (χ3v) is 3.47. The second kappa shape index (κ2) is 8.05. The van der Waals surface area contributed by atoms with E-state index in [9.17, 15) is 4.79 Å². The van der Waals surface area contributed by atoms with Crippen molar-refractivity contribution < 1.29 is 9.53 Å². The van der Waals surface area contributed by atoms with Crippen molar-refractivity contribution in [2.45, 2.75) is 45.6 Å². The molecule has 0 aliphatic carbocycles. The predicted octanol–water partition coefficient (Wildman–Crippen LogP) is 4.51. The van der Waals surface area contributed by atoms with E-state index in [1.807, 2.05) is 6.07 Å². The van der Waals surface area contributed by atoms with Crippen LogP contribution in [0.3, 0.4) is 0 Å². The van der Waals surface area contributed by atoms with Crippen LogP contribution in [0.5, 0.6) is 0 Å². The van der Waals surface area contributed by atoms with Gasteiger partial charge in [0.25, 0.3) is 0 Å². The van der Waals surface area contributed by atoms with Gasteiger partial charge in [-0.1, -0.05) is 38.3 Å². The lowest BCUT2D eigenvalue weighted by Gasteiger charge is -2.18. The van der Waals surface area contributed by atoms with Gasteiger partial charge in [0.15, 0.2) is 0 Å². The van der Waals surface area contributed by atoms with Crippen molar-refractivity contribution in [1.82, 2.24) is 0 Å². The highest BCUT2D eigenvalue weighted by atomic mass is 35.5. The van der Waals surface area contributed by atoms with Gasteiger partial charge in [0.1, 0.15) is 0 Å². The Bertz CT molecular complexity index is 421. The van der Waals surface area contributed by atoms with Gasteiger partial charge in [-0.2, -0.15) is 0 Å². The number of benzene rings is 1. The molecule has 0 aliphatic rings. The summed E-state index contributed by atoms with van der Waals surface area (Å²) in [5.41, 5.74) is 1.31. The van der Waals surface area contributed by atoms with Crippen molar-refractivity contribution in [3.8, 4) is 0 Å². The van der Waals surface area contributed by atoms with E-state index in [0.717, 1.165) is 18.5 Å². The Morgan fingerprint density at radius 1 is 1.42 bits per heavy atom. The zero-order valence-corrected chi connectivity index (χ0v) is 12.6. The SMILES string of the molecule is CCCCC(CC)Nc1ccc(Cl)c(C(=O)OC)c1. The molecule has 0 heterocycles. The molecule has 1 rings (SSSR count). The zero-order chi connectivity index (χ0) is 14.3. The Morgan fingerprint density at radius 2 is 2.16 bits per heavy atom. The van der Waals surface area contributed by atoms with Crippen LogP contribution in [0, 0.1) is 0 Å². The Hall–Kier alpha value is -1.22. The minimum atomic E-state index is -0.407. The molecule has 0 spiro atoms. The number of esters is 1. The van der Waals surface area contributed by atoms with Gasteiger partial charge in [-0.3, -0.25) is 0 Å². The molecule has 0 saturated carbocycles. The van der Waals surface area contributed by atoms with E-state index in [-0.39, 0.29) is 0 Å². The van der Waals surface area contributed by atoms with Gasteiger partial charge in [0.05, 0.1) is 17.7 Å². The number of ether oxygens (including phenoxy) is 1. The van der Waals surface area contributed by atoms with Gasteiger partial charge in [0.2, 0.25) is 0 Å². The third-order valence-electron chi connectivity index (χ3n) is 3.14. The highest BCUT2D eigenvalue weighted by Gasteiger charge is 2.12. The molecule has 3 nitrogen and oxygen atoms in total. The maximum Gasteiger partial charge on any atom is 0.339 e. The number of halogens is 1. The van der Waals surface area contributed by atoms with Crippen LogP contribution in [0.2, 0.25) is 5.02 Å². The fourth-order valence-electron chi connectivity index (χ4n) is 1.95. The monoisotopic (exact) mass is 283 g/mol. The molecular weight excluding hydrogens is 262 g/mol. The second-order valence-electron chi connectivity index (χ2n) is 4.58. The maximum atomic E-state index is 11.6. The molecule has 0 fully saturated rings. The topological polar surface area (TPSA) is 38.3 Å². The number of nitrogens with one attached hydrogen (secondary N) is 1. The molecule has 0 bridgehead atoms. The molecule has 0 aliphatic heterocycles. The first-order valence-corrected chi connectivity index (χ1v) is 7.14. The van der Waals surface area contributed by atoms with Crippen LogP contribution in [-0.2, 0) is 4.74 Å². The van der Waals surface area contributed by atoms with Gasteiger partial charge >= 0.3 is 5.97 Å². The van der Waals surface area contributed by atoms with E-state index in [1.54, 1.807) is 12.1 Å². The van der Waals surface area contributed by atoms with Gasteiger partial charge < -0.3 is 10.1 Å². The molecule has 0 saturated heterocycles. The number of methoxy groups -OCH3 is 1. The molecular formula is C15H22ClNO2. The predicted molar refractivity (Wildman–Crippen MR) is 80.0 cm³/mol. The number of unbranched alkanes of at least 4 members (excludes halogenated alkanes) is 1. The smallest absolute Gasteiger partial charge is 0.339 e. The van der Waals surface area contributed by atoms with Crippen LogP contribution in [0.15, 0.2) is 18.2 Å². The first-order chi connectivity index (χ1) is 9.12. The largest absolute Gasteiger partial charge is 0.465 e. The minimum Gasteiger partial charge on any atom is -0.465 e. The van der Waals surface area contributed by atoms with E-state index in [2.05, 4.69) is 19.2 Å². The Morgan fingerprint density at radius 3 is 2.74 bits per heavy atom. The van der Waals surface area contributed by atoms with Crippen LogP contribution < -0.4 is 5.32 Å². The van der Waals surface area contributed by atoms with Crippen LogP contribution in [0.4, 0.5) is 5.69 Å². The maximum absolute atomic E-state index is 11.6. The number of carbonyl (C=O) groups excluding carboxylic acids is 1. The third kappa shape index (κ3) is 4.75. The quantitative estimate of drug-likeness (QED) is 0.748. The van der Waals surface area contributed by atoms with E-state index in [1.165, 1.54) is 20.0 Å². The fourth-order valence-corrected chi connectivity index (χ4v) is 2.14. The summed E-state index contributed by atoms with van der Waals surface area (Å²) in [5.74, 6) is -0.407. The molecule has 1 N–H and O–H groups in total. The number of carbonyl (C=O) groups is 1. The number of anilines is 1. The van der Waals surface area contributed by atoms with Crippen LogP contribution in [0.25, 0.3) is 0 Å². The van der Waals surface area contributed by atoms with E-state index < -0.39 is 5.97 Å². The van der Waals surface area contributed by atoms with Gasteiger partial charge in [-0.05, 0) is 31.0 Å². The number of hydrogen-bond acceptors (Lipinski definition) is 3. The second-order valence-corrected chi connectivity index (χ2v) is 4.99. The molecule has 19 heavy (non-hydrogen) atoms.